The molecule has 0 saturated heterocycles. The van der Waals surface area contributed by atoms with Crippen LogP contribution in [0, 0.1) is 0 Å². The minimum atomic E-state index is 0.805. The average molecular weight is 160 g/mol. The van der Waals surface area contributed by atoms with Crippen molar-refractivity contribution in [1.29, 1.82) is 0 Å². The maximum Gasteiger partial charge on any atom is 0.106 e. The number of nitrogen functional groups attached to an aromatic ring is 1. The molecule has 0 saturated carbocycles. The number of anilines is 1. The summed E-state index contributed by atoms with van der Waals surface area (Å²) in [7, 11) is 0. The number of nitrogens with two attached hydrogens (primary N) is 1. The molecule has 0 bridgehead atoms. The number of thioether (sulfide) groups is 1. The van der Waals surface area contributed by atoms with Crippen molar-refractivity contribution >= 4 is 28.1 Å². The Kier molecular flexibility index (Phi) is 2.36. The first-order valence-electron chi connectivity index (χ1n) is 2.52. The molecule has 1 rings (SSSR count). The summed E-state index contributed by atoms with van der Waals surface area (Å²) in [5, 5.41) is 1.92. The van der Waals surface area contributed by atoms with Gasteiger partial charge in [-0.25, -0.2) is 4.98 Å². The first-order valence-corrected chi connectivity index (χ1v) is 4.73. The number of aromatic nitrogens is 1. The molecular weight excluding hydrogens is 152 g/mol. The van der Waals surface area contributed by atoms with Gasteiger partial charge in [-0.3, -0.25) is 0 Å². The van der Waals surface area contributed by atoms with Crippen molar-refractivity contribution in [2.75, 3.05) is 12.0 Å². The average Bonchev–Trinajstić information content (AvgIpc) is 2.17. The third-order valence-electron chi connectivity index (χ3n) is 0.839. The van der Waals surface area contributed by atoms with Crippen molar-refractivity contribution in [2.45, 2.75) is 5.75 Å². The minimum Gasteiger partial charge on any atom is -0.389 e. The van der Waals surface area contributed by atoms with Crippen molar-refractivity contribution in [3.8, 4) is 0 Å². The third kappa shape index (κ3) is 1.87. The first kappa shape index (κ1) is 6.89. The SMILES string of the molecule is CSCc1ncc(N)s1. The van der Waals surface area contributed by atoms with Gasteiger partial charge in [-0.2, -0.15) is 11.8 Å². The van der Waals surface area contributed by atoms with Crippen LogP contribution in [0.5, 0.6) is 0 Å². The van der Waals surface area contributed by atoms with Crippen LogP contribution in [0.25, 0.3) is 0 Å². The Hall–Kier alpha value is -0.220. The molecule has 0 aromatic carbocycles. The van der Waals surface area contributed by atoms with Crippen LogP contribution in [-0.2, 0) is 5.75 Å². The standard InChI is InChI=1S/C5H8N2S2/c1-8-3-5-7-2-4(6)9-5/h2H,3,6H2,1H3. The van der Waals surface area contributed by atoms with Gasteiger partial charge in [0.05, 0.1) is 6.20 Å². The van der Waals surface area contributed by atoms with Crippen molar-refractivity contribution < 1.29 is 0 Å². The zero-order chi connectivity index (χ0) is 6.69. The van der Waals surface area contributed by atoms with Gasteiger partial charge in [0.2, 0.25) is 0 Å². The Bertz CT molecular complexity index is 185. The zero-order valence-electron chi connectivity index (χ0n) is 5.13. The zero-order valence-corrected chi connectivity index (χ0v) is 6.76. The molecule has 0 aliphatic rings. The Balaban J connectivity index is 2.61. The van der Waals surface area contributed by atoms with Gasteiger partial charge in [-0.15, -0.1) is 11.3 Å². The van der Waals surface area contributed by atoms with Crippen LogP contribution in [-0.4, -0.2) is 11.2 Å². The lowest BCUT2D eigenvalue weighted by molar-refractivity contribution is 1.27. The van der Waals surface area contributed by atoms with Gasteiger partial charge in [-0.1, -0.05) is 0 Å². The predicted octanol–water partition coefficient (Wildman–Crippen LogP) is 1.59. The molecule has 0 fully saturated rings. The van der Waals surface area contributed by atoms with Gasteiger partial charge in [0.25, 0.3) is 0 Å². The van der Waals surface area contributed by atoms with Gasteiger partial charge in [0.1, 0.15) is 10.0 Å². The molecule has 0 spiro atoms. The molecular formula is C5H8N2S2. The van der Waals surface area contributed by atoms with Crippen molar-refractivity contribution in [1.82, 2.24) is 4.98 Å². The number of rotatable bonds is 2. The molecule has 0 amide bonds. The molecule has 2 N–H and O–H groups in total. The van der Waals surface area contributed by atoms with Gasteiger partial charge < -0.3 is 5.73 Å². The molecule has 0 radical (unpaired) electrons. The highest BCUT2D eigenvalue weighted by molar-refractivity contribution is 7.97. The maximum absolute atomic E-state index is 5.46. The fourth-order valence-electron chi connectivity index (χ4n) is 0.515. The van der Waals surface area contributed by atoms with E-state index in [0.29, 0.717) is 0 Å². The summed E-state index contributed by atoms with van der Waals surface area (Å²) in [4.78, 5) is 4.08. The smallest absolute Gasteiger partial charge is 0.106 e. The lowest BCUT2D eigenvalue weighted by Gasteiger charge is -1.85. The molecule has 0 unspecified atom stereocenters. The van der Waals surface area contributed by atoms with E-state index in [0.717, 1.165) is 15.8 Å². The molecule has 0 aliphatic carbocycles. The monoisotopic (exact) mass is 160 g/mol. The summed E-state index contributed by atoms with van der Waals surface area (Å²) < 4.78 is 0. The fourth-order valence-corrected chi connectivity index (χ4v) is 1.91. The number of hydrogen-bond donors (Lipinski definition) is 1. The summed E-state index contributed by atoms with van der Waals surface area (Å²) in [5.41, 5.74) is 5.46. The van der Waals surface area contributed by atoms with Crippen LogP contribution in [0.3, 0.4) is 0 Å². The Morgan fingerprint density at radius 2 is 2.67 bits per heavy atom. The summed E-state index contributed by atoms with van der Waals surface area (Å²) in [6.45, 7) is 0. The maximum atomic E-state index is 5.46. The molecule has 50 valence electrons. The van der Waals surface area contributed by atoms with Crippen LogP contribution in [0.1, 0.15) is 5.01 Å². The van der Waals surface area contributed by atoms with Gasteiger partial charge in [-0.05, 0) is 6.26 Å². The summed E-state index contributed by atoms with van der Waals surface area (Å²) in [6.07, 6.45) is 3.76. The normalized spacial score (nSPS) is 9.89. The van der Waals surface area contributed by atoms with Crippen LogP contribution < -0.4 is 5.73 Å². The Morgan fingerprint density at radius 1 is 1.89 bits per heavy atom. The van der Waals surface area contributed by atoms with Crippen LogP contribution in [0.4, 0.5) is 5.00 Å². The molecule has 2 nitrogen and oxygen atoms in total. The van der Waals surface area contributed by atoms with Crippen LogP contribution in [0.2, 0.25) is 0 Å². The summed E-state index contributed by atoms with van der Waals surface area (Å²) in [5.74, 6) is 0.974. The molecule has 9 heavy (non-hydrogen) atoms. The van der Waals surface area contributed by atoms with Crippen molar-refractivity contribution in [3.63, 3.8) is 0 Å². The molecule has 0 aliphatic heterocycles. The quantitative estimate of drug-likeness (QED) is 0.714. The third-order valence-corrected chi connectivity index (χ3v) is 2.41. The molecule has 0 atom stereocenters. The van der Waals surface area contributed by atoms with E-state index in [2.05, 4.69) is 11.2 Å². The van der Waals surface area contributed by atoms with E-state index in [9.17, 15) is 0 Å². The summed E-state index contributed by atoms with van der Waals surface area (Å²) in [6, 6.07) is 0. The molecule has 1 aromatic heterocycles. The molecule has 1 aromatic rings. The van der Waals surface area contributed by atoms with E-state index in [4.69, 9.17) is 5.73 Å². The minimum absolute atomic E-state index is 0.805. The highest BCUT2D eigenvalue weighted by Gasteiger charge is 1.95. The second kappa shape index (κ2) is 3.08. The van der Waals surface area contributed by atoms with Gasteiger partial charge in [0.15, 0.2) is 0 Å². The number of nitrogens with zero attached hydrogens (tertiary/aromatic N) is 1. The van der Waals surface area contributed by atoms with E-state index in [1.165, 1.54) is 0 Å². The second-order valence-electron chi connectivity index (χ2n) is 1.59. The highest BCUT2D eigenvalue weighted by Crippen LogP contribution is 2.17. The fraction of sp³-hybridized carbons (Fsp3) is 0.400. The van der Waals surface area contributed by atoms with E-state index < -0.39 is 0 Å². The van der Waals surface area contributed by atoms with E-state index >= 15 is 0 Å². The van der Waals surface area contributed by atoms with Crippen molar-refractivity contribution in [3.05, 3.63) is 11.2 Å². The van der Waals surface area contributed by atoms with E-state index in [-0.39, 0.29) is 0 Å². The van der Waals surface area contributed by atoms with Crippen LogP contribution in [0.15, 0.2) is 6.20 Å². The topological polar surface area (TPSA) is 38.9 Å². The largest absolute Gasteiger partial charge is 0.389 e. The van der Waals surface area contributed by atoms with E-state index in [1.807, 2.05) is 0 Å². The summed E-state index contributed by atoms with van der Waals surface area (Å²) >= 11 is 3.32. The van der Waals surface area contributed by atoms with Crippen molar-refractivity contribution in [2.24, 2.45) is 0 Å². The second-order valence-corrected chi connectivity index (χ2v) is 3.60. The Labute approximate surface area is 62.5 Å². The number of thiazole rings is 1. The lowest BCUT2D eigenvalue weighted by Crippen LogP contribution is -1.73. The van der Waals surface area contributed by atoms with Gasteiger partial charge in [0, 0.05) is 5.75 Å². The van der Waals surface area contributed by atoms with E-state index in [1.54, 1.807) is 29.3 Å². The predicted molar refractivity (Wildman–Crippen MR) is 43.7 cm³/mol. The Morgan fingerprint density at radius 3 is 3.11 bits per heavy atom. The molecule has 4 heteroatoms. The number of hydrogen-bond acceptors (Lipinski definition) is 4. The molecule has 1 heterocycles. The highest BCUT2D eigenvalue weighted by atomic mass is 32.2. The first-order chi connectivity index (χ1) is 4.33. The lowest BCUT2D eigenvalue weighted by atomic mass is 10.8. The van der Waals surface area contributed by atoms with Crippen LogP contribution >= 0.6 is 23.1 Å². The van der Waals surface area contributed by atoms with Gasteiger partial charge >= 0.3 is 0 Å².